The molecule has 0 unspecified atom stereocenters. The summed E-state index contributed by atoms with van der Waals surface area (Å²) in [5, 5.41) is 21.8. The van der Waals surface area contributed by atoms with Gasteiger partial charge in [0.2, 0.25) is 5.91 Å². The Morgan fingerprint density at radius 3 is 2.68 bits per heavy atom. The largest absolute Gasteiger partial charge is 0.507 e. The van der Waals surface area contributed by atoms with E-state index in [2.05, 4.69) is 15.5 Å². The number of carbonyl (C=O) groups excluding carboxylic acids is 2. The van der Waals surface area contributed by atoms with Crippen LogP contribution in [-0.4, -0.2) is 53.8 Å². The van der Waals surface area contributed by atoms with Gasteiger partial charge in [0.25, 0.3) is 5.91 Å². The van der Waals surface area contributed by atoms with Crippen molar-refractivity contribution >= 4 is 34.1 Å². The molecule has 3 N–H and O–H groups in total. The van der Waals surface area contributed by atoms with E-state index in [0.29, 0.717) is 24.7 Å². The van der Waals surface area contributed by atoms with Crippen LogP contribution >= 0.6 is 0 Å². The number of carbonyl (C=O) groups is 2. The van der Waals surface area contributed by atoms with Gasteiger partial charge >= 0.3 is 0 Å². The minimum atomic E-state index is -0.283. The number of aromatic amines is 1. The van der Waals surface area contributed by atoms with Gasteiger partial charge in [-0.1, -0.05) is 32.1 Å². The number of benzene rings is 2. The second kappa shape index (κ2) is 9.37. The number of fused-ring (bicyclic) bond motifs is 1. The zero-order chi connectivity index (χ0) is 23.7. The van der Waals surface area contributed by atoms with E-state index in [1.165, 1.54) is 37.0 Å². The Balaban J connectivity index is 1.36. The van der Waals surface area contributed by atoms with Gasteiger partial charge in [-0.2, -0.15) is 5.10 Å². The lowest BCUT2D eigenvalue weighted by Crippen LogP contribution is -2.47. The van der Waals surface area contributed by atoms with E-state index >= 15 is 0 Å². The third kappa shape index (κ3) is 4.44. The molecule has 0 atom stereocenters. The maximum atomic E-state index is 13.3. The molecule has 34 heavy (non-hydrogen) atoms. The molecule has 8 heteroatoms. The molecule has 178 valence electrons. The molecule has 1 saturated carbocycles. The molecular weight excluding hydrogens is 430 g/mol. The number of amides is 2. The van der Waals surface area contributed by atoms with Crippen molar-refractivity contribution in [1.29, 1.82) is 0 Å². The van der Waals surface area contributed by atoms with Crippen molar-refractivity contribution < 1.29 is 14.7 Å². The lowest BCUT2D eigenvalue weighted by Gasteiger charge is -2.29. The molecule has 1 saturated heterocycles. The number of nitrogens with zero attached hydrogens (tertiary/aromatic N) is 3. The lowest BCUT2D eigenvalue weighted by molar-refractivity contribution is -0.120. The number of phenols is 1. The summed E-state index contributed by atoms with van der Waals surface area (Å²) in [4.78, 5) is 28.6. The Hall–Kier alpha value is -3.55. The van der Waals surface area contributed by atoms with Gasteiger partial charge in [0, 0.05) is 43.0 Å². The zero-order valence-corrected chi connectivity index (χ0v) is 19.5. The van der Waals surface area contributed by atoms with Crippen LogP contribution in [0.4, 0.5) is 11.4 Å². The van der Waals surface area contributed by atoms with Gasteiger partial charge in [0.15, 0.2) is 0 Å². The first-order valence-electron chi connectivity index (χ1n) is 12.1. The van der Waals surface area contributed by atoms with Crippen LogP contribution in [0.5, 0.6) is 5.75 Å². The molecule has 0 radical (unpaired) electrons. The van der Waals surface area contributed by atoms with Gasteiger partial charge in [0.1, 0.15) is 5.75 Å². The van der Waals surface area contributed by atoms with Gasteiger partial charge < -0.3 is 20.2 Å². The van der Waals surface area contributed by atoms with E-state index in [4.69, 9.17) is 0 Å². The third-order valence-corrected chi connectivity index (χ3v) is 7.14. The molecule has 1 aliphatic carbocycles. The number of rotatable bonds is 5. The standard InChI is InChI=1S/C26H31N5O3/c1-30(18-7-9-19(10-8-18)31-12-11-27-25(33)16-31)26(34)21-14-20-22(13-17-5-3-2-4-6-17)28-29-23(20)15-24(21)32/h7-10,14-15,17,32H,2-6,11-13,16H2,1H3,(H,27,33)(H,28,29). The van der Waals surface area contributed by atoms with Crippen molar-refractivity contribution in [2.75, 3.05) is 36.5 Å². The van der Waals surface area contributed by atoms with E-state index in [0.717, 1.165) is 35.2 Å². The van der Waals surface area contributed by atoms with Crippen molar-refractivity contribution in [2.45, 2.75) is 38.5 Å². The summed E-state index contributed by atoms with van der Waals surface area (Å²) in [7, 11) is 1.70. The van der Waals surface area contributed by atoms with E-state index in [1.807, 2.05) is 29.2 Å². The molecule has 8 nitrogen and oxygen atoms in total. The number of H-pyrrole nitrogens is 1. The second-order valence-electron chi connectivity index (χ2n) is 9.45. The molecule has 2 fully saturated rings. The van der Waals surface area contributed by atoms with Crippen molar-refractivity contribution in [1.82, 2.24) is 15.5 Å². The van der Waals surface area contributed by atoms with Crippen LogP contribution in [0.3, 0.4) is 0 Å². The monoisotopic (exact) mass is 461 g/mol. The maximum Gasteiger partial charge on any atom is 0.261 e. The lowest BCUT2D eigenvalue weighted by atomic mass is 9.85. The van der Waals surface area contributed by atoms with E-state index in [1.54, 1.807) is 19.2 Å². The first-order chi connectivity index (χ1) is 16.5. The van der Waals surface area contributed by atoms with Crippen LogP contribution in [0.15, 0.2) is 36.4 Å². The quantitative estimate of drug-likeness (QED) is 0.539. The number of nitrogens with one attached hydrogen (secondary N) is 2. The van der Waals surface area contributed by atoms with Crippen LogP contribution in [0.2, 0.25) is 0 Å². The fourth-order valence-electron chi connectivity index (χ4n) is 5.14. The third-order valence-electron chi connectivity index (χ3n) is 7.14. The first kappa shape index (κ1) is 22.3. The number of anilines is 2. The summed E-state index contributed by atoms with van der Waals surface area (Å²) in [6.45, 7) is 1.70. The molecular formula is C26H31N5O3. The zero-order valence-electron chi connectivity index (χ0n) is 19.5. The second-order valence-corrected chi connectivity index (χ2v) is 9.45. The van der Waals surface area contributed by atoms with Crippen molar-refractivity contribution in [3.05, 3.63) is 47.7 Å². The highest BCUT2D eigenvalue weighted by atomic mass is 16.3. The molecule has 2 heterocycles. The van der Waals surface area contributed by atoms with Gasteiger partial charge in [-0.25, -0.2) is 0 Å². The summed E-state index contributed by atoms with van der Waals surface area (Å²) in [6.07, 6.45) is 7.19. The smallest absolute Gasteiger partial charge is 0.261 e. The number of aromatic hydroxyl groups is 1. The highest BCUT2D eigenvalue weighted by Crippen LogP contribution is 2.32. The number of hydrogen-bond donors (Lipinski definition) is 3. The minimum Gasteiger partial charge on any atom is -0.507 e. The normalized spacial score (nSPS) is 17.1. The van der Waals surface area contributed by atoms with Crippen LogP contribution < -0.4 is 15.1 Å². The highest BCUT2D eigenvalue weighted by molar-refractivity contribution is 6.09. The van der Waals surface area contributed by atoms with Crippen molar-refractivity contribution in [3.8, 4) is 5.75 Å². The number of hydrogen-bond acceptors (Lipinski definition) is 5. The SMILES string of the molecule is CN(C(=O)c1cc2c(CC3CCCCC3)n[nH]c2cc1O)c1ccc(N2CCNC(=O)C2)cc1. The molecule has 3 aromatic rings. The molecule has 0 spiro atoms. The molecule has 2 amide bonds. The van der Waals surface area contributed by atoms with Crippen LogP contribution in [-0.2, 0) is 11.2 Å². The van der Waals surface area contributed by atoms with Crippen LogP contribution in [0.1, 0.15) is 48.2 Å². The number of piperazine rings is 1. The molecule has 0 bridgehead atoms. The van der Waals surface area contributed by atoms with Crippen LogP contribution in [0, 0.1) is 5.92 Å². The summed E-state index contributed by atoms with van der Waals surface area (Å²) in [6, 6.07) is 10.9. The molecule has 1 aliphatic heterocycles. The van der Waals surface area contributed by atoms with Gasteiger partial charge in [-0.05, 0) is 42.7 Å². The Morgan fingerprint density at radius 1 is 1.18 bits per heavy atom. The van der Waals surface area contributed by atoms with Crippen molar-refractivity contribution in [2.24, 2.45) is 5.92 Å². The molecule has 2 aromatic carbocycles. The average molecular weight is 462 g/mol. The Bertz CT molecular complexity index is 1200. The van der Waals surface area contributed by atoms with Gasteiger partial charge in [-0.3, -0.25) is 14.7 Å². The summed E-state index contributed by atoms with van der Waals surface area (Å²) in [5.74, 6) is 0.290. The topological polar surface area (TPSA) is 102 Å². The Morgan fingerprint density at radius 2 is 1.94 bits per heavy atom. The summed E-state index contributed by atoms with van der Waals surface area (Å²) < 4.78 is 0. The van der Waals surface area contributed by atoms with Gasteiger partial charge in [-0.15, -0.1) is 0 Å². The average Bonchev–Trinajstić information content (AvgIpc) is 3.24. The summed E-state index contributed by atoms with van der Waals surface area (Å²) >= 11 is 0. The van der Waals surface area contributed by atoms with Crippen molar-refractivity contribution in [3.63, 3.8) is 0 Å². The predicted molar refractivity (Wildman–Crippen MR) is 132 cm³/mol. The number of aromatic nitrogens is 2. The minimum absolute atomic E-state index is 0.00981. The predicted octanol–water partition coefficient (Wildman–Crippen LogP) is 3.60. The fraction of sp³-hybridized carbons (Fsp3) is 0.423. The van der Waals surface area contributed by atoms with Crippen LogP contribution in [0.25, 0.3) is 10.9 Å². The molecule has 5 rings (SSSR count). The molecule has 2 aliphatic rings. The summed E-state index contributed by atoms with van der Waals surface area (Å²) in [5.41, 5.74) is 3.63. The first-order valence-corrected chi connectivity index (χ1v) is 12.1. The van der Waals surface area contributed by atoms with E-state index in [9.17, 15) is 14.7 Å². The van der Waals surface area contributed by atoms with E-state index in [-0.39, 0.29) is 23.1 Å². The Kier molecular flexibility index (Phi) is 6.13. The highest BCUT2D eigenvalue weighted by Gasteiger charge is 2.22. The van der Waals surface area contributed by atoms with Gasteiger partial charge in [0.05, 0.1) is 23.3 Å². The maximum absolute atomic E-state index is 13.3. The Labute approximate surface area is 198 Å². The fourth-order valence-corrected chi connectivity index (χ4v) is 5.14. The van der Waals surface area contributed by atoms with E-state index < -0.39 is 0 Å². The number of phenolic OH excluding ortho intramolecular Hbond substituents is 1. The molecule has 1 aromatic heterocycles.